The molecule has 0 aliphatic rings. The van der Waals surface area contributed by atoms with Crippen LogP contribution in [-0.2, 0) is 0 Å². The first kappa shape index (κ1) is 38.3. The highest BCUT2D eigenvalue weighted by Gasteiger charge is 1.35. The largest absolute Gasteiger partial charge is 0.333 e. The normalized spacial score (nSPS) is 3.69. The van der Waals surface area contributed by atoms with Crippen LogP contribution in [0.15, 0.2) is 0 Å². The molecule has 0 spiro atoms. The van der Waals surface area contributed by atoms with Gasteiger partial charge in [-0.2, -0.15) is 0 Å². The second-order valence-corrected chi connectivity index (χ2v) is 0.707. The third-order valence-electron chi connectivity index (χ3n) is 0. The molecule has 0 aliphatic carbocycles. The van der Waals surface area contributed by atoms with Gasteiger partial charge >= 0.3 is 0 Å². The molecule has 0 unspecified atom stereocenters. The highest BCUT2D eigenvalue weighted by molar-refractivity contribution is 3.92. The average Bonchev–Trinajstić information content (AvgIpc) is 2.32. The van der Waals surface area contributed by atoms with E-state index in [0.717, 1.165) is 0 Å². The number of nitrogens with two attached hydrogens (primary N) is 1. The lowest BCUT2D eigenvalue weighted by Crippen LogP contribution is -1.69. The van der Waals surface area contributed by atoms with E-state index < -0.39 is 0 Å². The van der Waals surface area contributed by atoms with Gasteiger partial charge < -0.3 is 5.73 Å². The number of rotatable bonds is 0. The van der Waals surface area contributed by atoms with Crippen LogP contribution in [0.1, 0.15) is 75.7 Å². The summed E-state index contributed by atoms with van der Waals surface area (Å²) in [5, 5.41) is 0. The van der Waals surface area contributed by atoms with Gasteiger partial charge in [0.25, 0.3) is 0 Å². The quantitative estimate of drug-likeness (QED) is 0.572. The second kappa shape index (κ2) is 1560. The van der Waals surface area contributed by atoms with Gasteiger partial charge in [0.2, 0.25) is 0 Å². The van der Waals surface area contributed by atoms with E-state index in [1.54, 1.807) is 0 Å². The third kappa shape index (κ3) is 742000. The highest BCUT2D eigenvalue weighted by atomic mass is 14.4. The van der Waals surface area contributed by atoms with E-state index in [0.29, 0.717) is 0 Å². The van der Waals surface area contributed by atoms with E-state index in [-0.39, 0.29) is 0 Å². The molecule has 0 aromatic heterocycles. The fourth-order valence-electron chi connectivity index (χ4n) is 0. The predicted molar refractivity (Wildman–Crippen MR) is 71.5 cm³/mol. The molecule has 1 nitrogen and oxygen atoms in total. The van der Waals surface area contributed by atoms with Crippen molar-refractivity contribution in [1.29, 1.82) is 0 Å². The molecule has 1 heteroatoms. The molecule has 0 bridgehead atoms. The molecular formula is C12H37N. The van der Waals surface area contributed by atoms with Gasteiger partial charge in [0, 0.05) is 0 Å². The van der Waals surface area contributed by atoms with Crippen LogP contribution >= 0.6 is 0 Å². The average molecular weight is 195 g/mol. The zero-order valence-corrected chi connectivity index (χ0v) is 12.3. The van der Waals surface area contributed by atoms with Crippen LogP contribution in [0, 0.1) is 0 Å². The first-order valence-electron chi connectivity index (χ1n) is 5.99. The summed E-state index contributed by atoms with van der Waals surface area (Å²) in [6.45, 7) is 20.2. The molecule has 0 aliphatic heterocycles. The maximum Gasteiger partial charge on any atom is -0.0195 e. The summed E-state index contributed by atoms with van der Waals surface area (Å²) in [6, 6.07) is 0. The Bertz CT molecular complexity index is 5.09. The molecule has 0 radical (unpaired) electrons. The SMILES string of the molecule is CC.CC.CC.CC.CCC.CN. The Labute approximate surface area is 89.1 Å². The number of hydrogen-bond donors (Lipinski definition) is 1. The molecule has 0 rings (SSSR count). The summed E-state index contributed by atoms with van der Waals surface area (Å²) in [4.78, 5) is 0. The Morgan fingerprint density at radius 3 is 0.538 bits per heavy atom. The van der Waals surface area contributed by atoms with Gasteiger partial charge in [-0.1, -0.05) is 75.7 Å². The fourth-order valence-corrected chi connectivity index (χ4v) is 0. The van der Waals surface area contributed by atoms with Gasteiger partial charge in [-0.3, -0.25) is 0 Å². The van der Waals surface area contributed by atoms with Crippen molar-refractivity contribution in [2.24, 2.45) is 5.73 Å². The van der Waals surface area contributed by atoms with Gasteiger partial charge in [-0.25, -0.2) is 0 Å². The number of hydrogen-bond acceptors (Lipinski definition) is 1. The predicted octanol–water partition coefficient (Wildman–Crippen LogP) is 5.10. The minimum atomic E-state index is 1.25. The lowest BCUT2D eigenvalue weighted by Gasteiger charge is -1.48. The summed E-state index contributed by atoms with van der Waals surface area (Å²) in [7, 11) is 1.50. The monoisotopic (exact) mass is 195 g/mol. The lowest BCUT2D eigenvalue weighted by atomic mass is 10.6. The van der Waals surface area contributed by atoms with Crippen molar-refractivity contribution >= 4 is 0 Å². The van der Waals surface area contributed by atoms with Crippen LogP contribution in [-0.4, -0.2) is 7.05 Å². The van der Waals surface area contributed by atoms with Crippen LogP contribution in [0.25, 0.3) is 0 Å². The topological polar surface area (TPSA) is 26.0 Å². The Kier molecular flexibility index (Phi) is 4590. The summed E-state index contributed by atoms with van der Waals surface area (Å²) in [5.41, 5.74) is 4.50. The van der Waals surface area contributed by atoms with E-state index in [1.165, 1.54) is 13.5 Å². The molecule has 0 amide bonds. The Morgan fingerprint density at radius 1 is 0.538 bits per heavy atom. The molecule has 0 aromatic rings. The fraction of sp³-hybridized carbons (Fsp3) is 1.00. The minimum absolute atomic E-state index is 1.25. The van der Waals surface area contributed by atoms with Crippen LogP contribution in [0.2, 0.25) is 0 Å². The Balaban J connectivity index is -0.0000000115. The van der Waals surface area contributed by atoms with Gasteiger partial charge in [0.05, 0.1) is 0 Å². The molecule has 2 N–H and O–H groups in total. The van der Waals surface area contributed by atoms with Crippen LogP contribution in [0.3, 0.4) is 0 Å². The molecule has 0 saturated carbocycles. The summed E-state index contributed by atoms with van der Waals surface area (Å²) in [5.74, 6) is 0. The molecule has 90 valence electrons. The minimum Gasteiger partial charge on any atom is -0.333 e. The van der Waals surface area contributed by atoms with Crippen molar-refractivity contribution in [3.05, 3.63) is 0 Å². The molecule has 0 saturated heterocycles. The molecular weight excluding hydrogens is 158 g/mol. The summed E-state index contributed by atoms with van der Waals surface area (Å²) >= 11 is 0. The van der Waals surface area contributed by atoms with Crippen LogP contribution < -0.4 is 5.73 Å². The lowest BCUT2D eigenvalue weighted by molar-refractivity contribution is 1.09. The first-order valence-corrected chi connectivity index (χ1v) is 5.99. The molecule has 0 aromatic carbocycles. The van der Waals surface area contributed by atoms with Crippen molar-refractivity contribution in [3.63, 3.8) is 0 Å². The highest BCUT2D eigenvalue weighted by Crippen LogP contribution is 1.56. The maximum absolute atomic E-state index is 4.50. The van der Waals surface area contributed by atoms with E-state index >= 15 is 0 Å². The Hall–Kier alpha value is -0.0400. The zero-order valence-electron chi connectivity index (χ0n) is 12.3. The van der Waals surface area contributed by atoms with E-state index in [9.17, 15) is 0 Å². The molecule has 13 heavy (non-hydrogen) atoms. The van der Waals surface area contributed by atoms with E-state index in [2.05, 4.69) is 19.6 Å². The third-order valence-corrected chi connectivity index (χ3v) is 0. The van der Waals surface area contributed by atoms with Crippen molar-refractivity contribution in [2.75, 3.05) is 7.05 Å². The van der Waals surface area contributed by atoms with Crippen molar-refractivity contribution in [1.82, 2.24) is 0 Å². The molecule has 0 atom stereocenters. The second-order valence-electron chi connectivity index (χ2n) is 0.707. The summed E-state index contributed by atoms with van der Waals surface area (Å²) < 4.78 is 0. The van der Waals surface area contributed by atoms with Gasteiger partial charge in [-0.05, 0) is 7.05 Å². The van der Waals surface area contributed by atoms with Gasteiger partial charge in [0.15, 0.2) is 0 Å². The van der Waals surface area contributed by atoms with Crippen molar-refractivity contribution in [2.45, 2.75) is 75.7 Å². The van der Waals surface area contributed by atoms with Crippen molar-refractivity contribution in [3.8, 4) is 0 Å². The molecule has 0 fully saturated rings. The van der Waals surface area contributed by atoms with Crippen LogP contribution in [0.5, 0.6) is 0 Å². The maximum atomic E-state index is 4.50. The summed E-state index contributed by atoms with van der Waals surface area (Å²) in [6.07, 6.45) is 1.25. The Morgan fingerprint density at radius 2 is 0.538 bits per heavy atom. The van der Waals surface area contributed by atoms with Crippen molar-refractivity contribution < 1.29 is 0 Å². The standard InChI is InChI=1S/C3H8.4C2H6.CH5N/c1-3-2;5*1-2/h3H2,1-2H3;4*1-2H3;2H2,1H3. The zero-order chi connectivity index (χ0) is 12.7. The van der Waals surface area contributed by atoms with E-state index in [1.807, 2.05) is 55.4 Å². The first-order chi connectivity index (χ1) is 6.41. The van der Waals surface area contributed by atoms with E-state index in [4.69, 9.17) is 0 Å². The van der Waals surface area contributed by atoms with Gasteiger partial charge in [0.1, 0.15) is 0 Å². The smallest absolute Gasteiger partial charge is 0.0195 e. The van der Waals surface area contributed by atoms with Gasteiger partial charge in [-0.15, -0.1) is 0 Å². The van der Waals surface area contributed by atoms with Crippen LogP contribution in [0.4, 0.5) is 0 Å². The molecule has 0 heterocycles.